The van der Waals surface area contributed by atoms with Gasteiger partial charge in [0.05, 0.1) is 19.3 Å². The third-order valence-electron chi connectivity index (χ3n) is 3.82. The van der Waals surface area contributed by atoms with Gasteiger partial charge in [-0.3, -0.25) is 13.1 Å². The van der Waals surface area contributed by atoms with Crippen molar-refractivity contribution in [1.29, 1.82) is 0 Å². The molecule has 1 aromatic heterocycles. The van der Waals surface area contributed by atoms with Crippen LogP contribution in [0.5, 0.6) is 5.75 Å². The average molecular weight is 399 g/mol. The van der Waals surface area contributed by atoms with E-state index in [1.807, 2.05) is 6.20 Å². The first-order valence-corrected chi connectivity index (χ1v) is 9.62. The van der Waals surface area contributed by atoms with Crippen LogP contribution in [0.4, 0.5) is 4.39 Å². The Bertz CT molecular complexity index is 837. The van der Waals surface area contributed by atoms with E-state index in [2.05, 4.69) is 29.7 Å². The summed E-state index contributed by atoms with van der Waals surface area (Å²) in [5, 5.41) is 0.448. The number of hydrogen-bond acceptors (Lipinski definition) is 3. The van der Waals surface area contributed by atoms with E-state index in [0.717, 1.165) is 5.56 Å². The van der Waals surface area contributed by atoms with Crippen molar-refractivity contribution in [1.82, 2.24) is 3.96 Å². The number of alkyl halides is 1. The summed E-state index contributed by atoms with van der Waals surface area (Å²) < 4.78 is 20.4. The summed E-state index contributed by atoms with van der Waals surface area (Å²) >= 11 is 7.44. The first kappa shape index (κ1) is 20.6. The van der Waals surface area contributed by atoms with Gasteiger partial charge in [0, 0.05) is 22.3 Å². The maximum atomic E-state index is 12.7. The van der Waals surface area contributed by atoms with Crippen LogP contribution in [0.15, 0.2) is 29.4 Å². The Morgan fingerprint density at radius 1 is 1.35 bits per heavy atom. The van der Waals surface area contributed by atoms with E-state index in [0.29, 0.717) is 40.3 Å². The molecule has 2 rings (SSSR count). The largest absolute Gasteiger partial charge is 0.496 e. The fourth-order valence-corrected chi connectivity index (χ4v) is 3.59. The summed E-state index contributed by atoms with van der Waals surface area (Å²) in [5.74, 6) is 0.0291. The zero-order valence-electron chi connectivity index (χ0n) is 15.5. The second-order valence-electron chi connectivity index (χ2n) is 6.96. The number of benzene rings is 1. The van der Waals surface area contributed by atoms with Crippen LogP contribution in [-0.4, -0.2) is 23.6 Å². The van der Waals surface area contributed by atoms with E-state index in [1.165, 1.54) is 18.6 Å². The predicted molar refractivity (Wildman–Crippen MR) is 104 cm³/mol. The molecule has 0 aliphatic carbocycles. The van der Waals surface area contributed by atoms with E-state index >= 15 is 0 Å². The molecule has 142 valence electrons. The maximum Gasteiger partial charge on any atom is 0.282 e. The first-order valence-electron chi connectivity index (χ1n) is 8.47. The molecule has 1 heterocycles. The molecule has 7 heteroatoms. The molecule has 0 aliphatic rings. The van der Waals surface area contributed by atoms with E-state index in [-0.39, 0.29) is 12.2 Å². The molecule has 0 unspecified atom stereocenters. The number of unbranched alkanes of at least 4 members (excludes halogenated alkanes) is 1. The Hall–Kier alpha value is -1.66. The molecular formula is C19H24ClFN2O2S. The molecule has 1 amide bonds. The van der Waals surface area contributed by atoms with Gasteiger partial charge < -0.3 is 4.74 Å². The van der Waals surface area contributed by atoms with E-state index in [4.69, 9.17) is 16.3 Å². The fraction of sp³-hybridized carbons (Fsp3) is 0.474. The number of carbonyl (C=O) groups excluding carboxylic acids is 1. The van der Waals surface area contributed by atoms with Crippen molar-refractivity contribution in [3.8, 4) is 5.75 Å². The normalized spacial score (nSPS) is 12.5. The number of ether oxygens (including phenoxy) is 1. The van der Waals surface area contributed by atoms with Gasteiger partial charge in [-0.1, -0.05) is 11.6 Å². The Morgan fingerprint density at radius 2 is 2.08 bits per heavy atom. The highest BCUT2D eigenvalue weighted by molar-refractivity contribution is 7.04. The topological polar surface area (TPSA) is 43.6 Å². The molecule has 0 atom stereocenters. The van der Waals surface area contributed by atoms with Crippen molar-refractivity contribution < 1.29 is 13.9 Å². The second-order valence-corrected chi connectivity index (χ2v) is 8.35. The smallest absolute Gasteiger partial charge is 0.282 e. The van der Waals surface area contributed by atoms with Crippen LogP contribution in [0.1, 0.15) is 49.5 Å². The molecule has 26 heavy (non-hydrogen) atoms. The van der Waals surface area contributed by atoms with Crippen molar-refractivity contribution in [3.05, 3.63) is 45.2 Å². The SMILES string of the molecule is COc1ccc(Cl)cc1C(=O)N=c1sn(C(C)(C)C)cc1CCCCF. The lowest BCUT2D eigenvalue weighted by Crippen LogP contribution is -2.18. The third-order valence-corrected chi connectivity index (χ3v) is 5.43. The molecule has 2 aromatic rings. The van der Waals surface area contributed by atoms with E-state index < -0.39 is 5.91 Å². The third kappa shape index (κ3) is 5.17. The Balaban J connectivity index is 2.46. The number of aromatic nitrogens is 1. The van der Waals surface area contributed by atoms with Crippen LogP contribution in [0, 0.1) is 0 Å². The molecule has 0 aliphatic heterocycles. The monoisotopic (exact) mass is 398 g/mol. The van der Waals surface area contributed by atoms with Crippen molar-refractivity contribution in [2.24, 2.45) is 4.99 Å². The lowest BCUT2D eigenvalue weighted by Gasteiger charge is -2.19. The zero-order chi connectivity index (χ0) is 19.3. The van der Waals surface area contributed by atoms with Crippen LogP contribution in [0.3, 0.4) is 0 Å². The molecular weight excluding hydrogens is 375 g/mol. The Kier molecular flexibility index (Phi) is 7.01. The lowest BCUT2D eigenvalue weighted by atomic mass is 10.1. The quantitative estimate of drug-likeness (QED) is 0.642. The van der Waals surface area contributed by atoms with Gasteiger partial charge in [-0.25, -0.2) is 0 Å². The summed E-state index contributed by atoms with van der Waals surface area (Å²) in [6, 6.07) is 4.87. The molecule has 0 bridgehead atoms. The Morgan fingerprint density at radius 3 is 2.69 bits per heavy atom. The minimum atomic E-state index is -0.404. The van der Waals surface area contributed by atoms with E-state index in [9.17, 15) is 9.18 Å². The highest BCUT2D eigenvalue weighted by Crippen LogP contribution is 2.24. The Labute approximate surface area is 162 Å². The minimum absolute atomic E-state index is 0.121. The summed E-state index contributed by atoms with van der Waals surface area (Å²) in [6.07, 6.45) is 3.90. The molecule has 0 N–H and O–H groups in total. The number of nitrogens with zero attached hydrogens (tertiary/aromatic N) is 2. The number of hydrogen-bond donors (Lipinski definition) is 0. The van der Waals surface area contributed by atoms with Gasteiger partial charge in [0.2, 0.25) is 0 Å². The molecule has 0 fully saturated rings. The lowest BCUT2D eigenvalue weighted by molar-refractivity contribution is 0.0996. The van der Waals surface area contributed by atoms with Gasteiger partial charge in [-0.05, 0) is 69.8 Å². The summed E-state index contributed by atoms with van der Waals surface area (Å²) in [4.78, 5) is 17.0. The molecule has 1 aromatic carbocycles. The highest BCUT2D eigenvalue weighted by Gasteiger charge is 2.17. The second kappa shape index (κ2) is 8.82. The van der Waals surface area contributed by atoms with Crippen LogP contribution in [0.2, 0.25) is 5.02 Å². The van der Waals surface area contributed by atoms with Crippen LogP contribution in [0.25, 0.3) is 0 Å². The number of carbonyl (C=O) groups is 1. The van der Waals surface area contributed by atoms with Gasteiger partial charge in [-0.15, -0.1) is 0 Å². The average Bonchev–Trinajstić information content (AvgIpc) is 2.98. The number of amides is 1. The zero-order valence-corrected chi connectivity index (χ0v) is 17.1. The number of aryl methyl sites for hydroxylation is 1. The van der Waals surface area contributed by atoms with Crippen molar-refractivity contribution in [2.75, 3.05) is 13.8 Å². The number of halogens is 2. The molecule has 0 radical (unpaired) electrons. The standard InChI is InChI=1S/C19H24ClFN2O2S/c1-19(2,3)23-12-13(7-5-6-10-21)18(26-23)22-17(24)15-11-14(20)8-9-16(15)25-4/h8-9,11-12H,5-7,10H2,1-4H3. The maximum absolute atomic E-state index is 12.7. The molecule has 0 saturated heterocycles. The van der Waals surface area contributed by atoms with Gasteiger partial charge >= 0.3 is 0 Å². The van der Waals surface area contributed by atoms with Crippen LogP contribution < -0.4 is 9.41 Å². The number of methoxy groups -OCH3 is 1. The molecule has 0 spiro atoms. The predicted octanol–water partition coefficient (Wildman–Crippen LogP) is 5.00. The van der Waals surface area contributed by atoms with Crippen molar-refractivity contribution in [2.45, 2.75) is 45.6 Å². The molecule has 4 nitrogen and oxygen atoms in total. The van der Waals surface area contributed by atoms with Crippen molar-refractivity contribution >= 4 is 29.0 Å². The van der Waals surface area contributed by atoms with Gasteiger partial charge in [0.25, 0.3) is 5.91 Å². The van der Waals surface area contributed by atoms with E-state index in [1.54, 1.807) is 18.2 Å². The van der Waals surface area contributed by atoms with Gasteiger partial charge in [0.1, 0.15) is 10.4 Å². The van der Waals surface area contributed by atoms with Gasteiger partial charge in [0.15, 0.2) is 0 Å². The first-order chi connectivity index (χ1) is 12.3. The van der Waals surface area contributed by atoms with Crippen LogP contribution in [-0.2, 0) is 12.0 Å². The summed E-state index contributed by atoms with van der Waals surface area (Å²) in [5.41, 5.74) is 1.16. The van der Waals surface area contributed by atoms with Crippen molar-refractivity contribution in [3.63, 3.8) is 0 Å². The van der Waals surface area contributed by atoms with Crippen LogP contribution >= 0.6 is 23.1 Å². The summed E-state index contributed by atoms with van der Waals surface area (Å²) in [6.45, 7) is 5.91. The molecule has 0 saturated carbocycles. The summed E-state index contributed by atoms with van der Waals surface area (Å²) in [7, 11) is 1.50. The highest BCUT2D eigenvalue weighted by atomic mass is 35.5. The number of rotatable bonds is 6. The fourth-order valence-electron chi connectivity index (χ4n) is 2.38. The van der Waals surface area contributed by atoms with Gasteiger partial charge in [-0.2, -0.15) is 4.99 Å². The minimum Gasteiger partial charge on any atom is -0.496 e.